The number of amides is 1. The Hall–Kier alpha value is -2.41. The van der Waals surface area contributed by atoms with Crippen LogP contribution in [-0.4, -0.2) is 41.6 Å². The molecule has 25 heavy (non-hydrogen) atoms. The number of rotatable bonds is 4. The molecule has 132 valence electrons. The van der Waals surface area contributed by atoms with Crippen molar-refractivity contribution in [1.29, 1.82) is 0 Å². The first-order valence-electron chi connectivity index (χ1n) is 7.94. The van der Waals surface area contributed by atoms with E-state index in [1.165, 1.54) is 4.90 Å². The molecule has 4 nitrogen and oxygen atoms in total. The fourth-order valence-corrected chi connectivity index (χ4v) is 2.86. The molecule has 0 bridgehead atoms. The highest BCUT2D eigenvalue weighted by Crippen LogP contribution is 2.27. The predicted octanol–water partition coefficient (Wildman–Crippen LogP) is 3.49. The second-order valence-electron chi connectivity index (χ2n) is 6.24. The first-order chi connectivity index (χ1) is 11.8. The van der Waals surface area contributed by atoms with Crippen molar-refractivity contribution in [2.75, 3.05) is 25.0 Å². The number of pyridine rings is 1. The van der Waals surface area contributed by atoms with E-state index in [-0.39, 0.29) is 19.0 Å². The van der Waals surface area contributed by atoms with Gasteiger partial charge >= 0.3 is 6.18 Å². The lowest BCUT2D eigenvalue weighted by Crippen LogP contribution is -2.54. The van der Waals surface area contributed by atoms with Crippen LogP contribution < -0.4 is 5.32 Å². The standard InChI is InChI=1S/C18H18F3N3O/c1-12-5-6-14(8-15(12)16-4-2-3-7-22-16)23-17(25)13-9-24(10-13)11-18(19,20)21/h2-8,13H,9-11H2,1H3,(H,23,25). The van der Waals surface area contributed by atoms with Crippen LogP contribution in [0.4, 0.5) is 18.9 Å². The molecule has 0 aliphatic carbocycles. The van der Waals surface area contributed by atoms with E-state index in [0.29, 0.717) is 5.69 Å². The summed E-state index contributed by atoms with van der Waals surface area (Å²) in [6.45, 7) is 1.25. The molecule has 1 N–H and O–H groups in total. The highest BCUT2D eigenvalue weighted by Gasteiger charge is 2.39. The SMILES string of the molecule is Cc1ccc(NC(=O)C2CN(CC(F)(F)F)C2)cc1-c1ccccn1. The average Bonchev–Trinajstić information content (AvgIpc) is 2.52. The zero-order chi connectivity index (χ0) is 18.0. The molecule has 1 aliphatic rings. The number of halogens is 3. The van der Waals surface area contributed by atoms with Gasteiger partial charge in [-0.15, -0.1) is 0 Å². The number of hydrogen-bond donors (Lipinski definition) is 1. The summed E-state index contributed by atoms with van der Waals surface area (Å²) in [5, 5.41) is 2.79. The molecule has 0 unspecified atom stereocenters. The summed E-state index contributed by atoms with van der Waals surface area (Å²) >= 11 is 0. The number of carbonyl (C=O) groups excluding carboxylic acids is 1. The van der Waals surface area contributed by atoms with Gasteiger partial charge < -0.3 is 5.32 Å². The van der Waals surface area contributed by atoms with E-state index in [1.807, 2.05) is 37.3 Å². The zero-order valence-corrected chi connectivity index (χ0v) is 13.7. The Kier molecular flexibility index (Phi) is 4.76. The summed E-state index contributed by atoms with van der Waals surface area (Å²) in [7, 11) is 0. The third-order valence-electron chi connectivity index (χ3n) is 4.18. The largest absolute Gasteiger partial charge is 0.401 e. The second kappa shape index (κ2) is 6.84. The molecule has 2 heterocycles. The average molecular weight is 349 g/mol. The fourth-order valence-electron chi connectivity index (χ4n) is 2.86. The number of likely N-dealkylation sites (tertiary alicyclic amines) is 1. The quantitative estimate of drug-likeness (QED) is 0.919. The molecule has 1 fully saturated rings. The highest BCUT2D eigenvalue weighted by molar-refractivity contribution is 5.94. The number of aromatic nitrogens is 1. The van der Waals surface area contributed by atoms with E-state index >= 15 is 0 Å². The Bertz CT molecular complexity index is 756. The van der Waals surface area contributed by atoms with E-state index in [0.717, 1.165) is 16.8 Å². The monoisotopic (exact) mass is 349 g/mol. The molecule has 0 atom stereocenters. The first kappa shape index (κ1) is 17.4. The lowest BCUT2D eigenvalue weighted by molar-refractivity contribution is -0.162. The Labute approximate surface area is 143 Å². The molecule has 0 saturated carbocycles. The lowest BCUT2D eigenvalue weighted by Gasteiger charge is -2.38. The van der Waals surface area contributed by atoms with Gasteiger partial charge in [-0.2, -0.15) is 13.2 Å². The molecule has 1 amide bonds. The molecule has 7 heteroatoms. The van der Waals surface area contributed by atoms with Crippen molar-refractivity contribution in [3.63, 3.8) is 0 Å². The smallest absolute Gasteiger partial charge is 0.326 e. The number of benzene rings is 1. The Morgan fingerprint density at radius 1 is 1.28 bits per heavy atom. The van der Waals surface area contributed by atoms with Gasteiger partial charge in [-0.05, 0) is 36.8 Å². The number of hydrogen-bond acceptors (Lipinski definition) is 3. The van der Waals surface area contributed by atoms with Crippen LogP contribution in [0, 0.1) is 12.8 Å². The number of nitrogens with zero attached hydrogens (tertiary/aromatic N) is 2. The van der Waals surface area contributed by atoms with E-state index < -0.39 is 18.6 Å². The third kappa shape index (κ3) is 4.36. The number of alkyl halides is 3. The van der Waals surface area contributed by atoms with Crippen LogP contribution >= 0.6 is 0 Å². The number of carbonyl (C=O) groups is 1. The topological polar surface area (TPSA) is 45.2 Å². The number of nitrogens with one attached hydrogen (secondary N) is 1. The summed E-state index contributed by atoms with van der Waals surface area (Å²) in [6.07, 6.45) is -2.53. The van der Waals surface area contributed by atoms with Crippen LogP contribution in [0.25, 0.3) is 11.3 Å². The van der Waals surface area contributed by atoms with E-state index in [2.05, 4.69) is 10.3 Å². The van der Waals surface area contributed by atoms with Crippen LogP contribution in [-0.2, 0) is 4.79 Å². The molecule has 0 spiro atoms. The predicted molar refractivity (Wildman–Crippen MR) is 89.0 cm³/mol. The van der Waals surface area contributed by atoms with Crippen molar-refractivity contribution in [2.45, 2.75) is 13.1 Å². The Morgan fingerprint density at radius 2 is 2.04 bits per heavy atom. The Morgan fingerprint density at radius 3 is 2.68 bits per heavy atom. The van der Waals surface area contributed by atoms with Gasteiger partial charge in [0.15, 0.2) is 0 Å². The van der Waals surface area contributed by atoms with Crippen molar-refractivity contribution < 1.29 is 18.0 Å². The minimum Gasteiger partial charge on any atom is -0.326 e. The summed E-state index contributed by atoms with van der Waals surface area (Å²) in [4.78, 5) is 17.7. The van der Waals surface area contributed by atoms with Crippen molar-refractivity contribution in [1.82, 2.24) is 9.88 Å². The van der Waals surface area contributed by atoms with Gasteiger partial charge in [-0.3, -0.25) is 14.7 Å². The van der Waals surface area contributed by atoms with E-state index in [4.69, 9.17) is 0 Å². The van der Waals surface area contributed by atoms with Crippen LogP contribution in [0.5, 0.6) is 0 Å². The minimum absolute atomic E-state index is 0.129. The van der Waals surface area contributed by atoms with E-state index in [1.54, 1.807) is 12.3 Å². The van der Waals surface area contributed by atoms with Crippen LogP contribution in [0.15, 0.2) is 42.6 Å². The molecule has 1 saturated heterocycles. The van der Waals surface area contributed by atoms with Gasteiger partial charge in [0, 0.05) is 30.5 Å². The summed E-state index contributed by atoms with van der Waals surface area (Å²) < 4.78 is 36.9. The second-order valence-corrected chi connectivity index (χ2v) is 6.24. The summed E-state index contributed by atoms with van der Waals surface area (Å²) in [6, 6.07) is 11.1. The van der Waals surface area contributed by atoms with Gasteiger partial charge in [-0.25, -0.2) is 0 Å². The van der Waals surface area contributed by atoms with Gasteiger partial charge in [0.2, 0.25) is 5.91 Å². The molecule has 2 aromatic rings. The minimum atomic E-state index is -4.23. The van der Waals surface area contributed by atoms with Gasteiger partial charge in [-0.1, -0.05) is 12.1 Å². The molecule has 1 aliphatic heterocycles. The molecule has 0 radical (unpaired) electrons. The highest BCUT2D eigenvalue weighted by atomic mass is 19.4. The number of anilines is 1. The molecular weight excluding hydrogens is 331 g/mol. The summed E-state index contributed by atoms with van der Waals surface area (Å²) in [5.74, 6) is -0.670. The summed E-state index contributed by atoms with van der Waals surface area (Å²) in [5.41, 5.74) is 3.35. The van der Waals surface area contributed by atoms with Crippen LogP contribution in [0.3, 0.4) is 0 Å². The maximum Gasteiger partial charge on any atom is 0.401 e. The zero-order valence-electron chi connectivity index (χ0n) is 13.7. The van der Waals surface area contributed by atoms with Crippen molar-refractivity contribution in [3.05, 3.63) is 48.2 Å². The fraction of sp³-hybridized carbons (Fsp3) is 0.333. The van der Waals surface area contributed by atoms with Crippen LogP contribution in [0.2, 0.25) is 0 Å². The van der Waals surface area contributed by atoms with Gasteiger partial charge in [0.25, 0.3) is 0 Å². The molecule has 3 rings (SSSR count). The van der Waals surface area contributed by atoms with Crippen molar-refractivity contribution in [2.24, 2.45) is 5.92 Å². The normalized spacial score (nSPS) is 15.7. The van der Waals surface area contributed by atoms with Gasteiger partial charge in [0.1, 0.15) is 0 Å². The van der Waals surface area contributed by atoms with Crippen LogP contribution in [0.1, 0.15) is 5.56 Å². The molecular formula is C18H18F3N3O. The van der Waals surface area contributed by atoms with E-state index in [9.17, 15) is 18.0 Å². The van der Waals surface area contributed by atoms with Gasteiger partial charge in [0.05, 0.1) is 18.2 Å². The lowest BCUT2D eigenvalue weighted by atomic mass is 9.98. The number of aryl methyl sites for hydroxylation is 1. The molecule has 1 aromatic carbocycles. The maximum atomic E-state index is 12.3. The molecule has 1 aromatic heterocycles. The van der Waals surface area contributed by atoms with Crippen molar-refractivity contribution in [3.8, 4) is 11.3 Å². The Balaban J connectivity index is 1.63. The third-order valence-corrected chi connectivity index (χ3v) is 4.18. The first-order valence-corrected chi connectivity index (χ1v) is 7.94. The maximum absolute atomic E-state index is 12.3. The van der Waals surface area contributed by atoms with Crippen molar-refractivity contribution >= 4 is 11.6 Å².